The van der Waals surface area contributed by atoms with Crippen LogP contribution < -0.4 is 10.1 Å². The van der Waals surface area contributed by atoms with Crippen molar-refractivity contribution in [2.24, 2.45) is 0 Å². The number of hydrogen-bond donors (Lipinski definition) is 1. The number of fused-ring (bicyclic) bond motifs is 1. The van der Waals surface area contributed by atoms with Gasteiger partial charge in [-0.1, -0.05) is 36.4 Å². The standard InChI is InChI=1S/C31H32F3N3O4/c1-2-41-24-12-10-21(11-13-24)28-27(29(38)35-23-7-5-6-22(20-23)31(32,33)34)25-8-3-4-9-26(25)30(39)37(28)15-14-36-16-18-40-19-17-36/h3-13,20,27-28H,2,14-19H2,1H3,(H,35,38). The van der Waals surface area contributed by atoms with Crippen molar-refractivity contribution in [3.63, 3.8) is 0 Å². The number of carbonyl (C=O) groups is 2. The summed E-state index contributed by atoms with van der Waals surface area (Å²) in [5.74, 6) is -0.917. The molecule has 2 unspecified atom stereocenters. The number of alkyl halides is 3. The second kappa shape index (κ2) is 12.3. The number of anilines is 1. The van der Waals surface area contributed by atoms with E-state index < -0.39 is 29.6 Å². The maximum Gasteiger partial charge on any atom is 0.416 e. The third kappa shape index (κ3) is 6.39. The Morgan fingerprint density at radius 1 is 1.00 bits per heavy atom. The van der Waals surface area contributed by atoms with E-state index in [0.717, 1.165) is 30.8 Å². The molecule has 3 aromatic rings. The van der Waals surface area contributed by atoms with Crippen LogP contribution in [0.15, 0.2) is 72.8 Å². The summed E-state index contributed by atoms with van der Waals surface area (Å²) in [7, 11) is 0. The molecule has 2 amide bonds. The van der Waals surface area contributed by atoms with Crippen molar-refractivity contribution in [2.75, 3.05) is 51.3 Å². The van der Waals surface area contributed by atoms with Crippen LogP contribution in [0.1, 0.15) is 45.9 Å². The molecule has 0 radical (unpaired) electrons. The van der Waals surface area contributed by atoms with Crippen molar-refractivity contribution in [3.05, 3.63) is 95.1 Å². The SMILES string of the molecule is CCOc1ccc(C2C(C(=O)Nc3cccc(C(F)(F)F)c3)c3ccccc3C(=O)N2CCN2CCOCC2)cc1. The van der Waals surface area contributed by atoms with Gasteiger partial charge in [0.15, 0.2) is 0 Å². The predicted octanol–water partition coefficient (Wildman–Crippen LogP) is 5.36. The Labute approximate surface area is 236 Å². The summed E-state index contributed by atoms with van der Waals surface area (Å²) in [5.41, 5.74) is 0.834. The van der Waals surface area contributed by atoms with Gasteiger partial charge < -0.3 is 19.7 Å². The van der Waals surface area contributed by atoms with Gasteiger partial charge in [-0.25, -0.2) is 0 Å². The topological polar surface area (TPSA) is 71.1 Å². The third-order valence-corrected chi connectivity index (χ3v) is 7.47. The number of ether oxygens (including phenoxy) is 2. The number of rotatable bonds is 8. The van der Waals surface area contributed by atoms with Crippen LogP contribution in [0.25, 0.3) is 0 Å². The summed E-state index contributed by atoms with van der Waals surface area (Å²) in [4.78, 5) is 31.9. The monoisotopic (exact) mass is 567 g/mol. The Kier molecular flexibility index (Phi) is 8.60. The maximum absolute atomic E-state index is 14.0. The zero-order valence-corrected chi connectivity index (χ0v) is 22.7. The largest absolute Gasteiger partial charge is 0.494 e. The Hall–Kier alpha value is -3.89. The molecule has 7 nitrogen and oxygen atoms in total. The van der Waals surface area contributed by atoms with Crippen molar-refractivity contribution in [3.8, 4) is 5.75 Å². The minimum atomic E-state index is -4.55. The number of hydrogen-bond acceptors (Lipinski definition) is 5. The zero-order chi connectivity index (χ0) is 29.0. The third-order valence-electron chi connectivity index (χ3n) is 7.47. The van der Waals surface area contributed by atoms with Crippen molar-refractivity contribution in [1.29, 1.82) is 0 Å². The summed E-state index contributed by atoms with van der Waals surface area (Å²) in [6.07, 6.45) is -4.55. The molecule has 0 aliphatic carbocycles. The van der Waals surface area contributed by atoms with E-state index in [-0.39, 0.29) is 11.6 Å². The second-order valence-electron chi connectivity index (χ2n) is 10.0. The molecular weight excluding hydrogens is 535 g/mol. The van der Waals surface area contributed by atoms with Crippen LogP contribution in [0, 0.1) is 0 Å². The number of amides is 2. The lowest BCUT2D eigenvalue weighted by atomic mass is 9.79. The van der Waals surface area contributed by atoms with E-state index in [9.17, 15) is 22.8 Å². The summed E-state index contributed by atoms with van der Waals surface area (Å²) in [6.45, 7) is 6.03. The molecule has 10 heteroatoms. The van der Waals surface area contributed by atoms with Crippen molar-refractivity contribution >= 4 is 17.5 Å². The summed E-state index contributed by atoms with van der Waals surface area (Å²) < 4.78 is 51.2. The fourth-order valence-corrected chi connectivity index (χ4v) is 5.49. The lowest BCUT2D eigenvalue weighted by molar-refractivity contribution is -0.137. The van der Waals surface area contributed by atoms with Gasteiger partial charge in [-0.15, -0.1) is 0 Å². The number of benzene rings is 3. The maximum atomic E-state index is 14.0. The van der Waals surface area contributed by atoms with Gasteiger partial charge in [-0.3, -0.25) is 14.5 Å². The smallest absolute Gasteiger partial charge is 0.416 e. The van der Waals surface area contributed by atoms with Crippen molar-refractivity contribution < 1.29 is 32.2 Å². The molecule has 2 heterocycles. The first kappa shape index (κ1) is 28.6. The highest BCUT2D eigenvalue weighted by molar-refractivity contribution is 6.04. The number of nitrogens with one attached hydrogen (secondary N) is 1. The molecule has 41 heavy (non-hydrogen) atoms. The van der Waals surface area contributed by atoms with Crippen LogP contribution in [0.4, 0.5) is 18.9 Å². The molecule has 2 aliphatic heterocycles. The molecular formula is C31H32F3N3O4. The summed E-state index contributed by atoms with van der Waals surface area (Å²) in [6, 6.07) is 18.1. The van der Waals surface area contributed by atoms with Crippen molar-refractivity contribution in [1.82, 2.24) is 9.80 Å². The molecule has 0 aromatic heterocycles. The van der Waals surface area contributed by atoms with Gasteiger partial charge in [0.25, 0.3) is 5.91 Å². The molecule has 0 bridgehead atoms. The van der Waals surface area contributed by atoms with Crippen LogP contribution in [-0.4, -0.2) is 67.6 Å². The molecule has 2 atom stereocenters. The second-order valence-corrected chi connectivity index (χ2v) is 10.0. The van der Waals surface area contributed by atoms with Crippen LogP contribution in [0.5, 0.6) is 5.75 Å². The molecule has 0 spiro atoms. The van der Waals surface area contributed by atoms with Gasteiger partial charge >= 0.3 is 6.18 Å². The van der Waals surface area contributed by atoms with E-state index in [0.29, 0.717) is 49.8 Å². The Morgan fingerprint density at radius 3 is 2.44 bits per heavy atom. The van der Waals surface area contributed by atoms with Crippen molar-refractivity contribution in [2.45, 2.75) is 25.1 Å². The van der Waals surface area contributed by atoms with Gasteiger partial charge in [0.05, 0.1) is 37.3 Å². The fraction of sp³-hybridized carbons (Fsp3) is 0.355. The van der Waals surface area contributed by atoms with E-state index in [1.54, 1.807) is 41.3 Å². The Morgan fingerprint density at radius 2 is 1.73 bits per heavy atom. The highest BCUT2D eigenvalue weighted by Crippen LogP contribution is 2.44. The normalized spacial score (nSPS) is 19.5. The first-order valence-corrected chi connectivity index (χ1v) is 13.7. The van der Waals surface area contributed by atoms with Gasteiger partial charge in [0.1, 0.15) is 5.75 Å². The quantitative estimate of drug-likeness (QED) is 0.397. The van der Waals surface area contributed by atoms with E-state index in [2.05, 4.69) is 10.2 Å². The highest BCUT2D eigenvalue weighted by Gasteiger charge is 2.44. The molecule has 216 valence electrons. The minimum absolute atomic E-state index is 0.0320. The first-order valence-electron chi connectivity index (χ1n) is 13.7. The Bertz CT molecular complexity index is 1370. The van der Waals surface area contributed by atoms with E-state index in [1.165, 1.54) is 12.1 Å². The highest BCUT2D eigenvalue weighted by atomic mass is 19.4. The molecule has 1 saturated heterocycles. The number of halogens is 3. The average molecular weight is 568 g/mol. The lowest BCUT2D eigenvalue weighted by Crippen LogP contribution is -2.49. The van der Waals surface area contributed by atoms with E-state index >= 15 is 0 Å². The molecule has 5 rings (SSSR count). The molecule has 2 aliphatic rings. The average Bonchev–Trinajstić information content (AvgIpc) is 2.97. The van der Waals surface area contributed by atoms with Crippen LogP contribution in [0.3, 0.4) is 0 Å². The van der Waals surface area contributed by atoms with Crippen LogP contribution in [-0.2, 0) is 15.7 Å². The zero-order valence-electron chi connectivity index (χ0n) is 22.7. The minimum Gasteiger partial charge on any atom is -0.494 e. The summed E-state index contributed by atoms with van der Waals surface area (Å²) in [5, 5.41) is 2.71. The molecule has 1 fully saturated rings. The van der Waals surface area contributed by atoms with Gasteiger partial charge in [0.2, 0.25) is 5.91 Å². The number of morpholine rings is 1. The molecule has 0 saturated carbocycles. The molecule has 3 aromatic carbocycles. The number of carbonyl (C=O) groups excluding carboxylic acids is 2. The van der Waals surface area contributed by atoms with Gasteiger partial charge in [0, 0.05) is 37.4 Å². The lowest BCUT2D eigenvalue weighted by Gasteiger charge is -2.43. The Balaban J connectivity index is 1.54. The molecule has 1 N–H and O–H groups in total. The predicted molar refractivity (Wildman–Crippen MR) is 148 cm³/mol. The van der Waals surface area contributed by atoms with Gasteiger partial charge in [-0.05, 0) is 54.4 Å². The first-order chi connectivity index (χ1) is 19.8. The van der Waals surface area contributed by atoms with E-state index in [4.69, 9.17) is 9.47 Å². The number of nitrogens with zero attached hydrogens (tertiary/aromatic N) is 2. The van der Waals surface area contributed by atoms with Crippen LogP contribution in [0.2, 0.25) is 0 Å². The van der Waals surface area contributed by atoms with Crippen LogP contribution >= 0.6 is 0 Å². The van der Waals surface area contributed by atoms with E-state index in [1.807, 2.05) is 19.1 Å². The fourth-order valence-electron chi connectivity index (χ4n) is 5.49. The summed E-state index contributed by atoms with van der Waals surface area (Å²) >= 11 is 0. The van der Waals surface area contributed by atoms with Gasteiger partial charge in [-0.2, -0.15) is 13.2 Å².